The molecule has 100 valence electrons. The second-order valence-corrected chi connectivity index (χ2v) is 5.54. The van der Waals surface area contributed by atoms with Gasteiger partial charge in [-0.2, -0.15) is 0 Å². The van der Waals surface area contributed by atoms with E-state index >= 15 is 0 Å². The topological polar surface area (TPSA) is 20.3 Å². The van der Waals surface area contributed by atoms with Crippen molar-refractivity contribution in [3.05, 3.63) is 71.8 Å². The van der Waals surface area contributed by atoms with Crippen molar-refractivity contribution >= 4 is 29.4 Å². The molecule has 0 aromatic heterocycles. The highest BCUT2D eigenvalue weighted by molar-refractivity contribution is 7.99. The molecule has 0 saturated heterocycles. The van der Waals surface area contributed by atoms with Crippen molar-refractivity contribution in [2.24, 2.45) is 0 Å². The Morgan fingerprint density at radius 1 is 1.05 bits per heavy atom. The van der Waals surface area contributed by atoms with Gasteiger partial charge >= 0.3 is 0 Å². The lowest BCUT2D eigenvalue weighted by Crippen LogP contribution is -2.39. The maximum atomic E-state index is 12.8. The van der Waals surface area contributed by atoms with E-state index in [2.05, 4.69) is 12.2 Å². The van der Waals surface area contributed by atoms with E-state index < -0.39 is 0 Å². The second kappa shape index (κ2) is 5.55. The molecule has 0 aliphatic carbocycles. The van der Waals surface area contributed by atoms with Crippen molar-refractivity contribution < 1.29 is 4.79 Å². The molecule has 1 aliphatic heterocycles. The van der Waals surface area contributed by atoms with Crippen molar-refractivity contribution in [3.63, 3.8) is 0 Å². The Balaban J connectivity index is 2.06. The average molecular weight is 281 g/mol. The van der Waals surface area contributed by atoms with Gasteiger partial charge in [0, 0.05) is 5.56 Å². The van der Waals surface area contributed by atoms with Crippen LogP contribution in [0.15, 0.2) is 60.7 Å². The molecular weight excluding hydrogens is 266 g/mol. The zero-order chi connectivity index (χ0) is 13.9. The minimum atomic E-state index is 0.0395. The molecule has 0 spiro atoms. The van der Waals surface area contributed by atoms with Crippen LogP contribution in [0.1, 0.15) is 15.9 Å². The molecule has 0 fully saturated rings. The van der Waals surface area contributed by atoms with Crippen molar-refractivity contribution in [1.29, 1.82) is 0 Å². The van der Waals surface area contributed by atoms with E-state index in [1.165, 1.54) is 0 Å². The predicted molar refractivity (Wildman–Crippen MR) is 86.0 cm³/mol. The molecule has 0 saturated carbocycles. The summed E-state index contributed by atoms with van der Waals surface area (Å²) >= 11 is 1.66. The molecule has 20 heavy (non-hydrogen) atoms. The maximum Gasteiger partial charge on any atom is 0.259 e. The first-order valence-corrected chi connectivity index (χ1v) is 7.78. The number of nitrogens with zero attached hydrogens (tertiary/aromatic N) is 1. The number of thioether (sulfide) groups is 1. The molecular formula is C17H15NOS. The summed E-state index contributed by atoms with van der Waals surface area (Å²) in [6.45, 7) is 0. The van der Waals surface area contributed by atoms with Crippen LogP contribution in [0.4, 0.5) is 5.69 Å². The fourth-order valence-electron chi connectivity index (χ4n) is 2.39. The SMILES string of the molecule is CS[C@@H]1C=Cc2ccccc2N1C(=O)c1ccccc1. The van der Waals surface area contributed by atoms with Crippen LogP contribution < -0.4 is 4.90 Å². The van der Waals surface area contributed by atoms with Crippen molar-refractivity contribution in [1.82, 2.24) is 0 Å². The molecule has 1 atom stereocenters. The highest BCUT2D eigenvalue weighted by atomic mass is 32.2. The molecule has 1 aliphatic rings. The number of anilines is 1. The molecule has 1 amide bonds. The zero-order valence-electron chi connectivity index (χ0n) is 11.2. The number of para-hydroxylation sites is 1. The van der Waals surface area contributed by atoms with Gasteiger partial charge in [-0.1, -0.05) is 48.6 Å². The average Bonchev–Trinajstić information content (AvgIpc) is 2.54. The van der Waals surface area contributed by atoms with Gasteiger partial charge in [-0.15, -0.1) is 11.8 Å². The third-order valence-electron chi connectivity index (χ3n) is 3.37. The van der Waals surface area contributed by atoms with Crippen LogP contribution in [0.25, 0.3) is 6.08 Å². The molecule has 1 heterocycles. The lowest BCUT2D eigenvalue weighted by Gasteiger charge is -2.33. The third-order valence-corrected chi connectivity index (χ3v) is 4.22. The van der Waals surface area contributed by atoms with Crippen molar-refractivity contribution in [2.45, 2.75) is 5.37 Å². The highest BCUT2D eigenvalue weighted by Crippen LogP contribution is 2.33. The number of fused-ring (bicyclic) bond motifs is 1. The standard InChI is InChI=1S/C17H15NOS/c1-20-16-12-11-13-7-5-6-10-15(13)18(16)17(19)14-8-3-2-4-9-14/h2-12,16H,1H3/t16-/m1/s1. The smallest absolute Gasteiger partial charge is 0.259 e. The maximum absolute atomic E-state index is 12.8. The number of amides is 1. The van der Waals surface area contributed by atoms with Crippen LogP contribution in [0, 0.1) is 0 Å². The normalized spacial score (nSPS) is 16.9. The number of carbonyl (C=O) groups is 1. The summed E-state index contributed by atoms with van der Waals surface area (Å²) in [4.78, 5) is 14.7. The lowest BCUT2D eigenvalue weighted by atomic mass is 10.1. The molecule has 0 radical (unpaired) electrons. The number of hydrogen-bond donors (Lipinski definition) is 0. The largest absolute Gasteiger partial charge is 0.292 e. The first-order chi connectivity index (χ1) is 9.81. The first-order valence-electron chi connectivity index (χ1n) is 6.50. The summed E-state index contributed by atoms with van der Waals surface area (Å²) in [5, 5.41) is 0.0395. The Bertz CT molecular complexity index is 651. The van der Waals surface area contributed by atoms with E-state index in [0.717, 1.165) is 16.8 Å². The van der Waals surface area contributed by atoms with Crippen LogP contribution in [-0.2, 0) is 0 Å². The molecule has 2 aromatic rings. The Kier molecular flexibility index (Phi) is 3.61. The molecule has 3 heteroatoms. The third kappa shape index (κ3) is 2.25. The van der Waals surface area contributed by atoms with E-state index in [9.17, 15) is 4.79 Å². The van der Waals surface area contributed by atoms with Crippen molar-refractivity contribution in [3.8, 4) is 0 Å². The van der Waals surface area contributed by atoms with Crippen LogP contribution in [0.3, 0.4) is 0 Å². The van der Waals surface area contributed by atoms with Crippen LogP contribution in [0.2, 0.25) is 0 Å². The van der Waals surface area contributed by atoms with E-state index in [-0.39, 0.29) is 11.3 Å². The second-order valence-electron chi connectivity index (χ2n) is 4.59. The molecule has 3 rings (SSSR count). The van der Waals surface area contributed by atoms with Crippen molar-refractivity contribution in [2.75, 3.05) is 11.2 Å². The Morgan fingerprint density at radius 2 is 1.75 bits per heavy atom. The number of benzene rings is 2. The number of hydrogen-bond acceptors (Lipinski definition) is 2. The van der Waals surface area contributed by atoms with Crippen LogP contribution >= 0.6 is 11.8 Å². The quantitative estimate of drug-likeness (QED) is 0.827. The monoisotopic (exact) mass is 281 g/mol. The Hall–Kier alpha value is -2.00. The minimum absolute atomic E-state index is 0.0395. The van der Waals surface area contributed by atoms with Gasteiger partial charge in [0.25, 0.3) is 5.91 Å². The lowest BCUT2D eigenvalue weighted by molar-refractivity contribution is 0.0987. The van der Waals surface area contributed by atoms with Crippen LogP contribution in [-0.4, -0.2) is 17.5 Å². The van der Waals surface area contributed by atoms with Gasteiger partial charge in [0.05, 0.1) is 5.69 Å². The van der Waals surface area contributed by atoms with Gasteiger partial charge in [0.15, 0.2) is 0 Å². The van der Waals surface area contributed by atoms with Gasteiger partial charge in [0.2, 0.25) is 0 Å². The zero-order valence-corrected chi connectivity index (χ0v) is 12.0. The van der Waals surface area contributed by atoms with Gasteiger partial charge in [0.1, 0.15) is 5.37 Å². The molecule has 2 aromatic carbocycles. The van der Waals surface area contributed by atoms with Crippen LogP contribution in [0.5, 0.6) is 0 Å². The summed E-state index contributed by atoms with van der Waals surface area (Å²) in [6.07, 6.45) is 6.19. The first kappa shape index (κ1) is 13.0. The van der Waals surface area contributed by atoms with Gasteiger partial charge in [-0.05, 0) is 30.0 Å². The highest BCUT2D eigenvalue weighted by Gasteiger charge is 2.27. The molecule has 0 N–H and O–H groups in total. The summed E-state index contributed by atoms with van der Waals surface area (Å²) in [6, 6.07) is 17.4. The van der Waals surface area contributed by atoms with E-state index in [1.54, 1.807) is 11.8 Å². The van der Waals surface area contributed by atoms with Gasteiger partial charge in [-0.3, -0.25) is 9.69 Å². The fourth-order valence-corrected chi connectivity index (χ4v) is 3.04. The molecule has 0 unspecified atom stereocenters. The predicted octanol–water partition coefficient (Wildman–Crippen LogP) is 4.05. The summed E-state index contributed by atoms with van der Waals surface area (Å²) in [5.74, 6) is 0.0433. The van der Waals surface area contributed by atoms with E-state index in [4.69, 9.17) is 0 Å². The van der Waals surface area contributed by atoms with Gasteiger partial charge < -0.3 is 0 Å². The summed E-state index contributed by atoms with van der Waals surface area (Å²) in [5.41, 5.74) is 2.78. The minimum Gasteiger partial charge on any atom is -0.292 e. The fraction of sp³-hybridized carbons (Fsp3) is 0.118. The number of carbonyl (C=O) groups excluding carboxylic acids is 1. The summed E-state index contributed by atoms with van der Waals surface area (Å²) in [7, 11) is 0. The summed E-state index contributed by atoms with van der Waals surface area (Å²) < 4.78 is 0. The Labute approximate surface area is 123 Å². The number of rotatable bonds is 2. The molecule has 2 nitrogen and oxygen atoms in total. The van der Waals surface area contributed by atoms with Gasteiger partial charge in [-0.25, -0.2) is 0 Å². The Morgan fingerprint density at radius 3 is 2.50 bits per heavy atom. The van der Waals surface area contributed by atoms with E-state index in [1.807, 2.05) is 65.8 Å². The molecule has 0 bridgehead atoms. The van der Waals surface area contributed by atoms with E-state index in [0.29, 0.717) is 0 Å².